The monoisotopic (exact) mass is 301 g/mol. The Morgan fingerprint density at radius 3 is 2.42 bits per heavy atom. The standard InChI is InChI=1S/C16H25Cl2N/c1-4-6-7-12(5-2)10-16(19-3)13-8-9-14(17)15(18)11-13/h8-9,11-12,16,19H,4-7,10H2,1-3H3. The van der Waals surface area contributed by atoms with Crippen molar-refractivity contribution in [3.05, 3.63) is 33.8 Å². The molecule has 0 radical (unpaired) electrons. The molecule has 0 aliphatic carbocycles. The van der Waals surface area contributed by atoms with Crippen LogP contribution < -0.4 is 5.32 Å². The second kappa shape index (κ2) is 8.84. The van der Waals surface area contributed by atoms with Crippen LogP contribution in [-0.4, -0.2) is 7.05 Å². The molecule has 0 fully saturated rings. The highest BCUT2D eigenvalue weighted by molar-refractivity contribution is 6.42. The van der Waals surface area contributed by atoms with E-state index < -0.39 is 0 Å². The summed E-state index contributed by atoms with van der Waals surface area (Å²) < 4.78 is 0. The predicted octanol–water partition coefficient (Wildman–Crippen LogP) is 5.86. The average Bonchev–Trinajstić information content (AvgIpc) is 2.42. The minimum absolute atomic E-state index is 0.358. The van der Waals surface area contributed by atoms with Gasteiger partial charge in [-0.3, -0.25) is 0 Å². The highest BCUT2D eigenvalue weighted by Crippen LogP contribution is 2.30. The lowest BCUT2D eigenvalue weighted by atomic mass is 9.89. The summed E-state index contributed by atoms with van der Waals surface area (Å²) in [5.41, 5.74) is 1.23. The number of halogens is 2. The van der Waals surface area contributed by atoms with Crippen LogP contribution in [0, 0.1) is 5.92 Å². The molecule has 2 unspecified atom stereocenters. The highest BCUT2D eigenvalue weighted by Gasteiger charge is 2.16. The maximum Gasteiger partial charge on any atom is 0.0595 e. The molecule has 0 bridgehead atoms. The molecular formula is C16H25Cl2N. The molecule has 108 valence electrons. The number of hydrogen-bond donors (Lipinski definition) is 1. The Hall–Kier alpha value is -0.240. The van der Waals surface area contributed by atoms with Crippen molar-refractivity contribution in [1.29, 1.82) is 0 Å². The molecule has 0 aliphatic rings. The van der Waals surface area contributed by atoms with E-state index in [2.05, 4.69) is 25.2 Å². The molecule has 0 aromatic heterocycles. The zero-order valence-corrected chi connectivity index (χ0v) is 13.7. The number of unbranched alkanes of at least 4 members (excludes halogenated alkanes) is 1. The Labute approximate surface area is 127 Å². The molecular weight excluding hydrogens is 277 g/mol. The minimum Gasteiger partial charge on any atom is -0.313 e. The molecule has 19 heavy (non-hydrogen) atoms. The van der Waals surface area contributed by atoms with Crippen molar-refractivity contribution in [3.8, 4) is 0 Å². The number of rotatable bonds is 8. The van der Waals surface area contributed by atoms with E-state index in [0.717, 1.165) is 12.3 Å². The third-order valence-corrected chi connectivity index (χ3v) is 4.55. The molecule has 1 aromatic rings. The number of benzene rings is 1. The summed E-state index contributed by atoms with van der Waals surface area (Å²) in [5.74, 6) is 0.770. The first-order chi connectivity index (χ1) is 9.12. The average molecular weight is 302 g/mol. The summed E-state index contributed by atoms with van der Waals surface area (Å²) >= 11 is 12.1. The van der Waals surface area contributed by atoms with Gasteiger partial charge in [-0.1, -0.05) is 68.8 Å². The Balaban J connectivity index is 2.72. The molecule has 2 atom stereocenters. The first-order valence-corrected chi connectivity index (χ1v) is 8.00. The van der Waals surface area contributed by atoms with Crippen LogP contribution >= 0.6 is 23.2 Å². The lowest BCUT2D eigenvalue weighted by molar-refractivity contribution is 0.365. The van der Waals surface area contributed by atoms with Gasteiger partial charge in [0.2, 0.25) is 0 Å². The molecule has 0 spiro atoms. The van der Waals surface area contributed by atoms with Gasteiger partial charge in [0.05, 0.1) is 10.0 Å². The van der Waals surface area contributed by atoms with Crippen LogP contribution in [0.5, 0.6) is 0 Å². The van der Waals surface area contributed by atoms with E-state index >= 15 is 0 Å². The Bertz CT molecular complexity index is 379. The van der Waals surface area contributed by atoms with Gasteiger partial charge in [0.15, 0.2) is 0 Å². The second-order valence-corrected chi connectivity index (χ2v) is 5.98. The van der Waals surface area contributed by atoms with E-state index in [4.69, 9.17) is 23.2 Å². The topological polar surface area (TPSA) is 12.0 Å². The fourth-order valence-corrected chi connectivity index (χ4v) is 2.77. The normalized spacial score (nSPS) is 14.4. The van der Waals surface area contributed by atoms with Gasteiger partial charge in [0.1, 0.15) is 0 Å². The van der Waals surface area contributed by atoms with Gasteiger partial charge in [-0.25, -0.2) is 0 Å². The van der Waals surface area contributed by atoms with Crippen molar-refractivity contribution in [3.63, 3.8) is 0 Å². The van der Waals surface area contributed by atoms with E-state index in [9.17, 15) is 0 Å². The summed E-state index contributed by atoms with van der Waals surface area (Å²) in [4.78, 5) is 0. The van der Waals surface area contributed by atoms with Crippen molar-refractivity contribution >= 4 is 23.2 Å². The van der Waals surface area contributed by atoms with Gasteiger partial charge in [-0.15, -0.1) is 0 Å². The van der Waals surface area contributed by atoms with Crippen LogP contribution in [0.15, 0.2) is 18.2 Å². The zero-order chi connectivity index (χ0) is 14.3. The summed E-state index contributed by atoms with van der Waals surface area (Å²) in [6.45, 7) is 4.53. The van der Waals surface area contributed by atoms with Crippen LogP contribution in [0.1, 0.15) is 57.6 Å². The van der Waals surface area contributed by atoms with E-state index in [-0.39, 0.29) is 0 Å². The lowest BCUT2D eigenvalue weighted by Gasteiger charge is -2.23. The van der Waals surface area contributed by atoms with Crippen LogP contribution in [-0.2, 0) is 0 Å². The van der Waals surface area contributed by atoms with Crippen molar-refractivity contribution < 1.29 is 0 Å². The fourth-order valence-electron chi connectivity index (χ4n) is 2.46. The molecule has 1 N–H and O–H groups in total. The summed E-state index contributed by atoms with van der Waals surface area (Å²) in [7, 11) is 2.01. The molecule has 0 aliphatic heterocycles. The molecule has 0 heterocycles. The Morgan fingerprint density at radius 2 is 1.89 bits per heavy atom. The lowest BCUT2D eigenvalue weighted by Crippen LogP contribution is -2.20. The molecule has 1 aromatic carbocycles. The highest BCUT2D eigenvalue weighted by atomic mass is 35.5. The van der Waals surface area contributed by atoms with Gasteiger partial charge in [-0.2, -0.15) is 0 Å². The second-order valence-electron chi connectivity index (χ2n) is 5.17. The van der Waals surface area contributed by atoms with E-state index in [1.807, 2.05) is 19.2 Å². The largest absolute Gasteiger partial charge is 0.313 e. The molecule has 0 amide bonds. The number of hydrogen-bond acceptors (Lipinski definition) is 1. The summed E-state index contributed by atoms with van der Waals surface area (Å²) in [6.07, 6.45) is 6.29. The molecule has 1 nitrogen and oxygen atoms in total. The zero-order valence-electron chi connectivity index (χ0n) is 12.2. The molecule has 0 saturated heterocycles. The third-order valence-electron chi connectivity index (χ3n) is 3.81. The summed E-state index contributed by atoms with van der Waals surface area (Å²) in [5, 5.41) is 4.67. The van der Waals surface area contributed by atoms with Gasteiger partial charge in [0, 0.05) is 6.04 Å². The number of nitrogens with one attached hydrogen (secondary N) is 1. The van der Waals surface area contributed by atoms with Crippen molar-refractivity contribution in [2.75, 3.05) is 7.05 Å². The Kier molecular flexibility index (Phi) is 7.82. The molecule has 0 saturated carbocycles. The van der Waals surface area contributed by atoms with Gasteiger partial charge in [-0.05, 0) is 37.1 Å². The van der Waals surface area contributed by atoms with E-state index in [1.54, 1.807) is 0 Å². The third kappa shape index (κ3) is 5.33. The van der Waals surface area contributed by atoms with Crippen molar-refractivity contribution in [2.45, 2.75) is 52.0 Å². The van der Waals surface area contributed by atoms with Crippen molar-refractivity contribution in [1.82, 2.24) is 5.32 Å². The van der Waals surface area contributed by atoms with Crippen LogP contribution in [0.2, 0.25) is 10.0 Å². The molecule has 1 rings (SSSR count). The molecule has 3 heteroatoms. The SMILES string of the molecule is CCCCC(CC)CC(NC)c1ccc(Cl)c(Cl)c1. The quantitative estimate of drug-likeness (QED) is 0.634. The predicted molar refractivity (Wildman–Crippen MR) is 86.2 cm³/mol. The van der Waals surface area contributed by atoms with Gasteiger partial charge in [0.25, 0.3) is 0 Å². The summed E-state index contributed by atoms with van der Waals surface area (Å²) in [6, 6.07) is 6.30. The smallest absolute Gasteiger partial charge is 0.0595 e. The fraction of sp³-hybridized carbons (Fsp3) is 0.625. The van der Waals surface area contributed by atoms with E-state index in [1.165, 1.54) is 31.2 Å². The van der Waals surface area contributed by atoms with Crippen molar-refractivity contribution in [2.24, 2.45) is 5.92 Å². The van der Waals surface area contributed by atoms with Gasteiger partial charge < -0.3 is 5.32 Å². The van der Waals surface area contributed by atoms with Gasteiger partial charge >= 0.3 is 0 Å². The van der Waals surface area contributed by atoms with Crippen LogP contribution in [0.25, 0.3) is 0 Å². The van der Waals surface area contributed by atoms with E-state index in [0.29, 0.717) is 16.1 Å². The first-order valence-electron chi connectivity index (χ1n) is 7.24. The Morgan fingerprint density at radius 1 is 1.16 bits per heavy atom. The van der Waals surface area contributed by atoms with Crippen LogP contribution in [0.3, 0.4) is 0 Å². The maximum absolute atomic E-state index is 6.11. The minimum atomic E-state index is 0.358. The maximum atomic E-state index is 6.11. The van der Waals surface area contributed by atoms with Crippen LogP contribution in [0.4, 0.5) is 0 Å². The first kappa shape index (κ1) is 16.8.